The van der Waals surface area contributed by atoms with E-state index in [0.717, 1.165) is 56.5 Å². The first-order valence-corrected chi connectivity index (χ1v) is 27.3. The van der Waals surface area contributed by atoms with Crippen LogP contribution in [0.1, 0.15) is 100 Å². The van der Waals surface area contributed by atoms with Crippen LogP contribution in [0.5, 0.6) is 0 Å². The van der Waals surface area contributed by atoms with Crippen LogP contribution in [-0.2, 0) is 10.8 Å². The summed E-state index contributed by atoms with van der Waals surface area (Å²) < 4.78 is 17.5. The Morgan fingerprint density at radius 2 is 0.875 bits per heavy atom. The second-order valence-corrected chi connectivity index (χ2v) is 24.8. The van der Waals surface area contributed by atoms with E-state index in [0.29, 0.717) is 0 Å². The van der Waals surface area contributed by atoms with Crippen LogP contribution in [0.25, 0.3) is 64.4 Å². The molecule has 7 heteroatoms. The second kappa shape index (κ2) is 15.9. The first-order chi connectivity index (χ1) is 34.4. The van der Waals surface area contributed by atoms with Crippen molar-refractivity contribution in [2.24, 2.45) is 0 Å². The zero-order valence-electron chi connectivity index (χ0n) is 43.4. The Hall–Kier alpha value is -6.80. The van der Waals surface area contributed by atoms with Gasteiger partial charge in [0.1, 0.15) is 11.2 Å². The maximum absolute atomic E-state index is 7.44. The molecule has 0 spiro atoms. The molecule has 72 heavy (non-hydrogen) atoms. The van der Waals surface area contributed by atoms with E-state index in [1.807, 2.05) is 22.7 Å². The Labute approximate surface area is 431 Å². The minimum absolute atomic E-state index is 0.0776. The average molecular weight is 975 g/mol. The summed E-state index contributed by atoms with van der Waals surface area (Å²) in [5.74, 6) is 1.99. The number of furan rings is 2. The van der Waals surface area contributed by atoms with Crippen molar-refractivity contribution in [1.29, 1.82) is 0 Å². The summed E-state index contributed by atoms with van der Waals surface area (Å²) in [5.41, 5.74) is 23.5. The lowest BCUT2D eigenvalue weighted by atomic mass is 9.33. The first-order valence-electron chi connectivity index (χ1n) is 25.5. The van der Waals surface area contributed by atoms with Crippen LogP contribution in [0, 0.1) is 27.7 Å². The Bertz CT molecular complexity index is 3770. The van der Waals surface area contributed by atoms with Crippen LogP contribution in [-0.4, -0.2) is 6.71 Å². The van der Waals surface area contributed by atoms with Gasteiger partial charge in [-0.15, -0.1) is 22.7 Å². The molecule has 0 saturated carbocycles. The molecule has 13 rings (SSSR count). The highest BCUT2D eigenvalue weighted by atomic mass is 32.1. The van der Waals surface area contributed by atoms with E-state index in [-0.39, 0.29) is 23.5 Å². The summed E-state index contributed by atoms with van der Waals surface area (Å²) in [6.45, 7) is 27.5. The van der Waals surface area contributed by atoms with Gasteiger partial charge in [-0.1, -0.05) is 104 Å². The Morgan fingerprint density at radius 1 is 0.472 bits per heavy atom. The molecular weight excluding hydrogens is 916 g/mol. The first kappa shape index (κ1) is 45.1. The lowest BCUT2D eigenvalue weighted by Crippen LogP contribution is -2.61. The molecule has 11 aromatic rings. The molecule has 0 amide bonds. The summed E-state index contributed by atoms with van der Waals surface area (Å²) in [6, 6.07) is 45.9. The quantitative estimate of drug-likeness (QED) is 0.161. The minimum atomic E-state index is -0.198. The summed E-state index contributed by atoms with van der Waals surface area (Å²) in [5, 5.41) is 9.53. The van der Waals surface area contributed by atoms with Gasteiger partial charge in [0, 0.05) is 64.4 Å². The van der Waals surface area contributed by atoms with Gasteiger partial charge in [-0.2, -0.15) is 0 Å². The molecule has 0 aliphatic carbocycles. The molecule has 4 aromatic heterocycles. The van der Waals surface area contributed by atoms with E-state index < -0.39 is 0 Å². The van der Waals surface area contributed by atoms with E-state index in [1.165, 1.54) is 97.8 Å². The number of rotatable bonds is 5. The predicted octanol–water partition coefficient (Wildman–Crippen LogP) is 18.0. The van der Waals surface area contributed by atoms with E-state index in [4.69, 9.17) is 8.83 Å². The Balaban J connectivity index is 1.14. The molecule has 0 N–H and O–H groups in total. The highest BCUT2D eigenvalue weighted by Crippen LogP contribution is 2.52. The van der Waals surface area contributed by atoms with Gasteiger partial charge in [-0.25, -0.2) is 0 Å². The summed E-state index contributed by atoms with van der Waals surface area (Å²) in [7, 11) is 0. The van der Waals surface area contributed by atoms with Gasteiger partial charge in [0.25, 0.3) is 6.71 Å². The molecule has 0 bridgehead atoms. The van der Waals surface area contributed by atoms with Crippen molar-refractivity contribution in [2.75, 3.05) is 9.80 Å². The van der Waals surface area contributed by atoms with Crippen LogP contribution in [0.4, 0.5) is 34.5 Å². The SMILES string of the molecule is Cc1cc(-c2csc3ccccc23)cc(C)c1N1c2cc(C(C)C)cc3c2B(c2c1oc1ccc(C(C)(C)C)cc21)c1c(oc2ccc(C(C)(C)C)cc12)N3c1c(C)cc(-c2csc3ccccc23)cc1C. The fraction of sp³-hybridized carbons (Fsp3) is 0.231. The fourth-order valence-electron chi connectivity index (χ4n) is 12.1. The molecule has 2 aliphatic heterocycles. The summed E-state index contributed by atoms with van der Waals surface area (Å²) >= 11 is 3.63. The molecule has 4 nitrogen and oxygen atoms in total. The fourth-order valence-corrected chi connectivity index (χ4v) is 14.0. The van der Waals surface area contributed by atoms with Crippen LogP contribution in [0.3, 0.4) is 0 Å². The van der Waals surface area contributed by atoms with Crippen molar-refractivity contribution in [3.63, 3.8) is 0 Å². The molecule has 0 fully saturated rings. The lowest BCUT2D eigenvalue weighted by Gasteiger charge is -2.42. The van der Waals surface area contributed by atoms with Gasteiger partial charge >= 0.3 is 0 Å². The Kier molecular flexibility index (Phi) is 9.93. The number of fused-ring (bicyclic) bond motifs is 10. The Morgan fingerprint density at radius 3 is 1.26 bits per heavy atom. The number of aryl methyl sites for hydroxylation is 4. The third-order valence-electron chi connectivity index (χ3n) is 15.7. The van der Waals surface area contributed by atoms with Crippen molar-refractivity contribution in [2.45, 2.75) is 99.8 Å². The van der Waals surface area contributed by atoms with Crippen molar-refractivity contribution in [1.82, 2.24) is 0 Å². The maximum Gasteiger partial charge on any atom is 0.262 e. The number of hydrogen-bond acceptors (Lipinski definition) is 6. The minimum Gasteiger partial charge on any atom is -0.440 e. The second-order valence-electron chi connectivity index (χ2n) is 23.0. The third-order valence-corrected chi connectivity index (χ3v) is 17.7. The van der Waals surface area contributed by atoms with Crippen LogP contribution >= 0.6 is 22.7 Å². The summed E-state index contributed by atoms with van der Waals surface area (Å²) in [4.78, 5) is 5.01. The molecule has 2 aliphatic rings. The number of anilines is 6. The highest BCUT2D eigenvalue weighted by Gasteiger charge is 2.50. The largest absolute Gasteiger partial charge is 0.440 e. The predicted molar refractivity (Wildman–Crippen MR) is 312 cm³/mol. The zero-order valence-corrected chi connectivity index (χ0v) is 45.0. The van der Waals surface area contributed by atoms with Crippen molar-refractivity contribution in [3.05, 3.63) is 171 Å². The monoisotopic (exact) mass is 974 g/mol. The molecule has 0 unspecified atom stereocenters. The maximum atomic E-state index is 7.44. The normalized spacial score (nSPS) is 13.6. The molecule has 0 radical (unpaired) electrons. The van der Waals surface area contributed by atoms with Crippen LogP contribution < -0.4 is 26.2 Å². The van der Waals surface area contributed by atoms with E-state index in [1.54, 1.807) is 0 Å². The summed E-state index contributed by atoms with van der Waals surface area (Å²) in [6.07, 6.45) is 0. The van der Waals surface area contributed by atoms with Crippen LogP contribution in [0.15, 0.2) is 141 Å². The van der Waals surface area contributed by atoms with E-state index in [2.05, 4.69) is 225 Å². The van der Waals surface area contributed by atoms with Gasteiger partial charge in [0.15, 0.2) is 0 Å². The smallest absolute Gasteiger partial charge is 0.262 e. The zero-order chi connectivity index (χ0) is 49.9. The van der Waals surface area contributed by atoms with Gasteiger partial charge in [-0.05, 0) is 184 Å². The molecule has 356 valence electrons. The van der Waals surface area contributed by atoms with Crippen molar-refractivity contribution >= 4 is 122 Å². The number of nitrogens with zero attached hydrogens (tertiary/aromatic N) is 2. The van der Waals surface area contributed by atoms with Crippen molar-refractivity contribution in [3.8, 4) is 22.3 Å². The molecule has 6 heterocycles. The lowest BCUT2D eigenvalue weighted by molar-refractivity contribution is 0.589. The van der Waals surface area contributed by atoms with Crippen molar-refractivity contribution < 1.29 is 8.83 Å². The van der Waals surface area contributed by atoms with E-state index in [9.17, 15) is 0 Å². The molecule has 0 saturated heterocycles. The molecule has 0 atom stereocenters. The number of hydrogen-bond donors (Lipinski definition) is 0. The van der Waals surface area contributed by atoms with Gasteiger partial charge in [-0.3, -0.25) is 9.80 Å². The average Bonchev–Trinajstić information content (AvgIpc) is 4.14. The highest BCUT2D eigenvalue weighted by molar-refractivity contribution is 7.18. The topological polar surface area (TPSA) is 32.8 Å². The number of thiophene rings is 2. The van der Waals surface area contributed by atoms with E-state index >= 15 is 0 Å². The van der Waals surface area contributed by atoms with Gasteiger partial charge in [0.05, 0.1) is 11.4 Å². The third kappa shape index (κ3) is 6.69. The standard InChI is InChI=1S/C65H59BN2O2S2/c1-35(2)40-29-51-59-52(30-40)68(61-38(5)27-42(28-39(61)6)50-34-72-56-20-16-14-18-46(50)56)63-58(48-32-44(65(10,11)12)22-24-54(48)70-63)66(59)57-47-31-43(64(7,8)9)21-23-53(47)69-62(57)67(51)60-36(3)25-41(26-37(60)4)49-33-71-55-19-15-13-17-45(49)55/h13-35H,1-12H3. The van der Waals surface area contributed by atoms with Crippen LogP contribution in [0.2, 0.25) is 0 Å². The molecular formula is C65H59BN2O2S2. The number of benzene rings is 7. The van der Waals surface area contributed by atoms with Gasteiger partial charge < -0.3 is 8.83 Å². The van der Waals surface area contributed by atoms with Gasteiger partial charge in [0.2, 0.25) is 11.8 Å². The molecule has 7 aromatic carbocycles.